The largest absolute Gasteiger partial charge is 0.396 e. The van der Waals surface area contributed by atoms with Gasteiger partial charge in [-0.05, 0) is 30.0 Å². The number of anilines is 1. The fourth-order valence-corrected chi connectivity index (χ4v) is 3.60. The van der Waals surface area contributed by atoms with E-state index in [1.807, 2.05) is 41.8 Å². The van der Waals surface area contributed by atoms with Crippen molar-refractivity contribution < 1.29 is 5.11 Å². The van der Waals surface area contributed by atoms with E-state index < -0.39 is 0 Å². The third-order valence-corrected chi connectivity index (χ3v) is 4.97. The van der Waals surface area contributed by atoms with Crippen LogP contribution in [0.15, 0.2) is 60.4 Å². The SMILES string of the molecule is OCCC(Nc1ncnc2c1cnn2-c1ccccc1)c1cccs1. The molecule has 4 rings (SSSR count). The van der Waals surface area contributed by atoms with Crippen molar-refractivity contribution in [2.45, 2.75) is 12.5 Å². The summed E-state index contributed by atoms with van der Waals surface area (Å²) in [5.74, 6) is 0.721. The van der Waals surface area contributed by atoms with Crippen LogP contribution in [0.25, 0.3) is 16.7 Å². The van der Waals surface area contributed by atoms with E-state index in [1.54, 1.807) is 22.2 Å². The predicted octanol–water partition coefficient (Wildman–Crippen LogP) is 3.41. The standard InChI is InChI=1S/C18H17N5OS/c24-9-8-15(16-7-4-10-25-16)22-17-14-11-21-23(18(14)20-12-19-17)13-5-2-1-3-6-13/h1-7,10-12,15,24H,8-9H2,(H,19,20,22). The zero-order valence-corrected chi connectivity index (χ0v) is 14.2. The number of fused-ring (bicyclic) bond motifs is 1. The van der Waals surface area contributed by atoms with Gasteiger partial charge in [0, 0.05) is 11.5 Å². The molecule has 4 aromatic rings. The van der Waals surface area contributed by atoms with Crippen molar-refractivity contribution >= 4 is 28.2 Å². The van der Waals surface area contributed by atoms with E-state index in [0.29, 0.717) is 6.42 Å². The van der Waals surface area contributed by atoms with Gasteiger partial charge in [-0.1, -0.05) is 24.3 Å². The smallest absolute Gasteiger partial charge is 0.168 e. The Morgan fingerprint density at radius 2 is 2.00 bits per heavy atom. The van der Waals surface area contributed by atoms with E-state index in [4.69, 9.17) is 0 Å². The third kappa shape index (κ3) is 3.11. The van der Waals surface area contributed by atoms with Gasteiger partial charge in [-0.25, -0.2) is 14.6 Å². The third-order valence-electron chi connectivity index (χ3n) is 3.98. The lowest BCUT2D eigenvalue weighted by Gasteiger charge is -2.17. The molecule has 6 nitrogen and oxygen atoms in total. The van der Waals surface area contributed by atoms with E-state index in [9.17, 15) is 5.11 Å². The molecule has 1 aromatic carbocycles. The van der Waals surface area contributed by atoms with Crippen molar-refractivity contribution in [1.29, 1.82) is 0 Å². The van der Waals surface area contributed by atoms with Crippen LogP contribution in [0.3, 0.4) is 0 Å². The van der Waals surface area contributed by atoms with Crippen LogP contribution in [-0.4, -0.2) is 31.5 Å². The minimum absolute atomic E-state index is 0.00294. The molecule has 0 bridgehead atoms. The molecule has 0 spiro atoms. The van der Waals surface area contributed by atoms with Gasteiger partial charge < -0.3 is 10.4 Å². The molecule has 0 aliphatic heterocycles. The Bertz CT molecular complexity index is 952. The maximum absolute atomic E-state index is 9.39. The van der Waals surface area contributed by atoms with Gasteiger partial charge in [0.25, 0.3) is 0 Å². The molecule has 0 fully saturated rings. The monoisotopic (exact) mass is 351 g/mol. The molecule has 0 saturated carbocycles. The summed E-state index contributed by atoms with van der Waals surface area (Å²) in [6.07, 6.45) is 3.92. The number of aliphatic hydroxyl groups excluding tert-OH is 1. The summed E-state index contributed by atoms with van der Waals surface area (Å²) in [5.41, 5.74) is 1.70. The predicted molar refractivity (Wildman–Crippen MR) is 99.0 cm³/mol. The molecule has 3 aromatic heterocycles. The van der Waals surface area contributed by atoms with Crippen molar-refractivity contribution in [2.24, 2.45) is 0 Å². The first-order valence-corrected chi connectivity index (χ1v) is 8.90. The highest BCUT2D eigenvalue weighted by Gasteiger charge is 2.16. The van der Waals surface area contributed by atoms with Crippen LogP contribution in [0, 0.1) is 0 Å². The van der Waals surface area contributed by atoms with Crippen molar-refractivity contribution in [3.05, 3.63) is 65.2 Å². The zero-order chi connectivity index (χ0) is 17.1. The first-order valence-electron chi connectivity index (χ1n) is 8.02. The van der Waals surface area contributed by atoms with Crippen LogP contribution in [-0.2, 0) is 0 Å². The van der Waals surface area contributed by atoms with E-state index in [2.05, 4.69) is 26.4 Å². The topological polar surface area (TPSA) is 75.9 Å². The molecule has 0 saturated heterocycles. The van der Waals surface area contributed by atoms with Crippen molar-refractivity contribution in [2.75, 3.05) is 11.9 Å². The molecule has 1 atom stereocenters. The lowest BCUT2D eigenvalue weighted by atomic mass is 10.1. The summed E-state index contributed by atoms with van der Waals surface area (Å²) < 4.78 is 1.80. The van der Waals surface area contributed by atoms with Gasteiger partial charge in [0.15, 0.2) is 5.65 Å². The van der Waals surface area contributed by atoms with Gasteiger partial charge in [-0.2, -0.15) is 5.10 Å². The lowest BCUT2D eigenvalue weighted by molar-refractivity contribution is 0.280. The van der Waals surface area contributed by atoms with Gasteiger partial charge in [0.1, 0.15) is 12.1 Å². The second kappa shape index (κ2) is 7.00. The van der Waals surface area contributed by atoms with E-state index >= 15 is 0 Å². The van der Waals surface area contributed by atoms with Gasteiger partial charge in [0.2, 0.25) is 0 Å². The highest BCUT2D eigenvalue weighted by molar-refractivity contribution is 7.10. The van der Waals surface area contributed by atoms with E-state index in [0.717, 1.165) is 27.4 Å². The summed E-state index contributed by atoms with van der Waals surface area (Å²) >= 11 is 1.66. The molecule has 2 N–H and O–H groups in total. The fourth-order valence-electron chi connectivity index (χ4n) is 2.79. The summed E-state index contributed by atoms with van der Waals surface area (Å²) in [6, 6.07) is 14.0. The van der Waals surface area contributed by atoms with Crippen molar-refractivity contribution in [3.63, 3.8) is 0 Å². The molecular formula is C18H17N5OS. The first kappa shape index (κ1) is 15.7. The van der Waals surface area contributed by atoms with Gasteiger partial charge in [-0.3, -0.25) is 0 Å². The Balaban J connectivity index is 1.72. The van der Waals surface area contributed by atoms with Crippen molar-refractivity contribution in [1.82, 2.24) is 19.7 Å². The molecule has 0 aliphatic carbocycles. The summed E-state index contributed by atoms with van der Waals surface area (Å²) in [6.45, 7) is 0.104. The highest BCUT2D eigenvalue weighted by atomic mass is 32.1. The molecule has 0 radical (unpaired) electrons. The molecule has 1 unspecified atom stereocenters. The fraction of sp³-hybridized carbons (Fsp3) is 0.167. The molecule has 126 valence electrons. The summed E-state index contributed by atoms with van der Waals surface area (Å²) in [7, 11) is 0. The number of hydrogen-bond donors (Lipinski definition) is 2. The Kier molecular flexibility index (Phi) is 4.41. The second-order valence-electron chi connectivity index (χ2n) is 5.58. The van der Waals surface area contributed by atoms with Crippen LogP contribution in [0.2, 0.25) is 0 Å². The number of benzene rings is 1. The van der Waals surface area contributed by atoms with Crippen LogP contribution in [0.1, 0.15) is 17.3 Å². The van der Waals surface area contributed by atoms with E-state index in [1.165, 1.54) is 6.33 Å². The zero-order valence-electron chi connectivity index (χ0n) is 13.4. The summed E-state index contributed by atoms with van der Waals surface area (Å²) in [5, 5.41) is 20.2. The maximum atomic E-state index is 9.39. The number of nitrogens with one attached hydrogen (secondary N) is 1. The molecule has 0 aliphatic rings. The average molecular weight is 351 g/mol. The minimum atomic E-state index is 0.00294. The summed E-state index contributed by atoms with van der Waals surface area (Å²) in [4.78, 5) is 9.95. The number of nitrogens with zero attached hydrogens (tertiary/aromatic N) is 4. The number of aromatic nitrogens is 4. The Morgan fingerprint density at radius 1 is 1.12 bits per heavy atom. The lowest BCUT2D eigenvalue weighted by Crippen LogP contribution is -2.12. The number of aliphatic hydroxyl groups is 1. The Hall–Kier alpha value is -2.77. The molecule has 0 amide bonds. The number of hydrogen-bond acceptors (Lipinski definition) is 6. The van der Waals surface area contributed by atoms with Crippen LogP contribution in [0.5, 0.6) is 0 Å². The number of para-hydroxylation sites is 1. The van der Waals surface area contributed by atoms with Gasteiger partial charge in [-0.15, -0.1) is 11.3 Å². The second-order valence-corrected chi connectivity index (χ2v) is 6.56. The first-order chi connectivity index (χ1) is 12.4. The quantitative estimate of drug-likeness (QED) is 0.557. The normalized spacial score (nSPS) is 12.4. The molecule has 7 heteroatoms. The average Bonchev–Trinajstić information content (AvgIpc) is 3.32. The van der Waals surface area contributed by atoms with Crippen LogP contribution >= 0.6 is 11.3 Å². The van der Waals surface area contributed by atoms with Gasteiger partial charge in [0.05, 0.1) is 23.3 Å². The van der Waals surface area contributed by atoms with E-state index in [-0.39, 0.29) is 12.6 Å². The maximum Gasteiger partial charge on any atom is 0.168 e. The molecule has 3 heterocycles. The highest BCUT2D eigenvalue weighted by Crippen LogP contribution is 2.29. The molecule has 25 heavy (non-hydrogen) atoms. The van der Waals surface area contributed by atoms with Gasteiger partial charge >= 0.3 is 0 Å². The number of rotatable bonds is 6. The number of thiophene rings is 1. The van der Waals surface area contributed by atoms with Crippen LogP contribution in [0.4, 0.5) is 5.82 Å². The minimum Gasteiger partial charge on any atom is -0.396 e. The Morgan fingerprint density at radius 3 is 2.76 bits per heavy atom. The van der Waals surface area contributed by atoms with Crippen molar-refractivity contribution in [3.8, 4) is 5.69 Å². The van der Waals surface area contributed by atoms with Crippen LogP contribution < -0.4 is 5.32 Å². The molecular weight excluding hydrogens is 334 g/mol. The Labute approximate surface area is 148 Å².